The maximum Gasteiger partial charge on any atom is 0.326 e. The molecule has 0 aromatic carbocycles. The summed E-state index contributed by atoms with van der Waals surface area (Å²) in [4.78, 5) is 33.5. The Morgan fingerprint density at radius 3 is 2.26 bits per heavy atom. The Bertz CT molecular complexity index is 307. The molecule has 0 rings (SSSR count). The van der Waals surface area contributed by atoms with Crippen LogP contribution < -0.4 is 16.0 Å². The van der Waals surface area contributed by atoms with Crippen LogP contribution >= 0.6 is 0 Å². The highest BCUT2D eigenvalue weighted by Crippen LogP contribution is 1.96. The standard InChI is InChI=1S/C12H23N3O4/c1-3-5-9(11(17)18)15-12(19)14-8-6-10(16)13-7-4-2/h9H,3-8H2,1-2H3,(H,13,16)(H,17,18)(H2,14,15,19). The van der Waals surface area contributed by atoms with Gasteiger partial charge in [-0.05, 0) is 12.8 Å². The topological polar surface area (TPSA) is 108 Å². The van der Waals surface area contributed by atoms with E-state index in [2.05, 4.69) is 16.0 Å². The van der Waals surface area contributed by atoms with Crippen LogP contribution in [0.3, 0.4) is 0 Å². The van der Waals surface area contributed by atoms with Crippen molar-refractivity contribution in [3.8, 4) is 0 Å². The summed E-state index contributed by atoms with van der Waals surface area (Å²) < 4.78 is 0. The van der Waals surface area contributed by atoms with Crippen molar-refractivity contribution in [2.75, 3.05) is 13.1 Å². The number of amides is 3. The van der Waals surface area contributed by atoms with Crippen molar-refractivity contribution in [2.24, 2.45) is 0 Å². The molecule has 0 aromatic heterocycles. The molecule has 3 amide bonds. The zero-order chi connectivity index (χ0) is 14.7. The number of urea groups is 1. The first-order valence-electron chi connectivity index (χ1n) is 6.55. The second-order valence-electron chi connectivity index (χ2n) is 4.18. The predicted octanol–water partition coefficient (Wildman–Crippen LogP) is 0.455. The number of carboxylic acid groups (broad SMARTS) is 1. The quantitative estimate of drug-likeness (QED) is 0.489. The van der Waals surface area contributed by atoms with Gasteiger partial charge in [0.15, 0.2) is 0 Å². The summed E-state index contributed by atoms with van der Waals surface area (Å²) in [7, 11) is 0. The first-order valence-corrected chi connectivity index (χ1v) is 6.55. The first-order chi connectivity index (χ1) is 9.01. The molecule has 1 atom stereocenters. The third-order valence-corrected chi connectivity index (χ3v) is 2.39. The lowest BCUT2D eigenvalue weighted by atomic mass is 10.2. The molecule has 0 fully saturated rings. The molecule has 0 saturated carbocycles. The average molecular weight is 273 g/mol. The fourth-order valence-corrected chi connectivity index (χ4v) is 1.40. The van der Waals surface area contributed by atoms with Crippen molar-refractivity contribution in [1.29, 1.82) is 0 Å². The van der Waals surface area contributed by atoms with Gasteiger partial charge in [0.25, 0.3) is 0 Å². The fourth-order valence-electron chi connectivity index (χ4n) is 1.40. The Morgan fingerprint density at radius 1 is 1.05 bits per heavy atom. The van der Waals surface area contributed by atoms with E-state index in [-0.39, 0.29) is 18.9 Å². The SMILES string of the molecule is CCCNC(=O)CCNC(=O)NC(CCC)C(=O)O. The summed E-state index contributed by atoms with van der Waals surface area (Å²) >= 11 is 0. The molecule has 0 saturated heterocycles. The third kappa shape index (κ3) is 8.87. The number of nitrogens with one attached hydrogen (secondary N) is 3. The second kappa shape index (κ2) is 10.2. The normalized spacial score (nSPS) is 11.5. The van der Waals surface area contributed by atoms with Gasteiger partial charge < -0.3 is 21.1 Å². The third-order valence-electron chi connectivity index (χ3n) is 2.39. The van der Waals surface area contributed by atoms with E-state index in [0.717, 1.165) is 6.42 Å². The molecule has 0 aliphatic carbocycles. The summed E-state index contributed by atoms with van der Waals surface area (Å²) in [5.74, 6) is -1.19. The Labute approximate surface area is 113 Å². The van der Waals surface area contributed by atoms with Crippen LogP contribution in [-0.4, -0.2) is 42.1 Å². The summed E-state index contributed by atoms with van der Waals surface area (Å²) in [5, 5.41) is 16.4. The van der Waals surface area contributed by atoms with Gasteiger partial charge in [0.1, 0.15) is 6.04 Å². The number of hydrogen-bond donors (Lipinski definition) is 4. The zero-order valence-electron chi connectivity index (χ0n) is 11.5. The van der Waals surface area contributed by atoms with E-state index in [4.69, 9.17) is 5.11 Å². The Hall–Kier alpha value is -1.79. The molecule has 0 radical (unpaired) electrons. The van der Waals surface area contributed by atoms with Gasteiger partial charge in [-0.1, -0.05) is 20.3 Å². The minimum absolute atomic E-state index is 0.134. The van der Waals surface area contributed by atoms with E-state index >= 15 is 0 Å². The Morgan fingerprint density at radius 2 is 1.74 bits per heavy atom. The number of carbonyl (C=O) groups excluding carboxylic acids is 2. The minimum Gasteiger partial charge on any atom is -0.480 e. The highest BCUT2D eigenvalue weighted by Gasteiger charge is 2.18. The van der Waals surface area contributed by atoms with Crippen LogP contribution in [-0.2, 0) is 9.59 Å². The summed E-state index contributed by atoms with van der Waals surface area (Å²) in [5.41, 5.74) is 0. The van der Waals surface area contributed by atoms with Crippen LogP contribution in [0, 0.1) is 0 Å². The van der Waals surface area contributed by atoms with Gasteiger partial charge in [-0.25, -0.2) is 9.59 Å². The molecular formula is C12H23N3O4. The maximum absolute atomic E-state index is 11.4. The van der Waals surface area contributed by atoms with Crippen molar-refractivity contribution < 1.29 is 19.5 Å². The highest BCUT2D eigenvalue weighted by molar-refractivity contribution is 5.83. The van der Waals surface area contributed by atoms with E-state index in [0.29, 0.717) is 19.4 Å². The lowest BCUT2D eigenvalue weighted by Gasteiger charge is -2.14. The number of aliphatic carboxylic acids is 1. The van der Waals surface area contributed by atoms with E-state index in [1.807, 2.05) is 13.8 Å². The molecule has 4 N–H and O–H groups in total. The van der Waals surface area contributed by atoms with Gasteiger partial charge in [0, 0.05) is 19.5 Å². The van der Waals surface area contributed by atoms with Crippen LogP contribution in [0.4, 0.5) is 4.79 Å². The summed E-state index contributed by atoms with van der Waals surface area (Å²) in [6.07, 6.45) is 2.08. The van der Waals surface area contributed by atoms with Gasteiger partial charge in [-0.15, -0.1) is 0 Å². The maximum atomic E-state index is 11.4. The summed E-state index contributed by atoms with van der Waals surface area (Å²) in [6, 6.07) is -1.46. The molecule has 0 heterocycles. The summed E-state index contributed by atoms with van der Waals surface area (Å²) in [6.45, 7) is 4.59. The zero-order valence-corrected chi connectivity index (χ0v) is 11.5. The molecule has 110 valence electrons. The monoisotopic (exact) mass is 273 g/mol. The number of carbonyl (C=O) groups is 3. The molecule has 0 aliphatic rings. The van der Waals surface area contributed by atoms with Crippen molar-refractivity contribution in [3.63, 3.8) is 0 Å². The molecule has 7 heteroatoms. The van der Waals surface area contributed by atoms with Crippen molar-refractivity contribution in [3.05, 3.63) is 0 Å². The molecule has 0 aromatic rings. The molecule has 19 heavy (non-hydrogen) atoms. The number of rotatable bonds is 9. The lowest BCUT2D eigenvalue weighted by molar-refractivity contribution is -0.139. The van der Waals surface area contributed by atoms with E-state index < -0.39 is 18.0 Å². The smallest absolute Gasteiger partial charge is 0.326 e. The van der Waals surface area contributed by atoms with Gasteiger partial charge in [0.2, 0.25) is 5.91 Å². The van der Waals surface area contributed by atoms with Gasteiger partial charge >= 0.3 is 12.0 Å². The van der Waals surface area contributed by atoms with Gasteiger partial charge in [0.05, 0.1) is 0 Å². The predicted molar refractivity (Wildman–Crippen MR) is 70.8 cm³/mol. The molecule has 1 unspecified atom stereocenters. The van der Waals surface area contributed by atoms with Crippen LogP contribution in [0.2, 0.25) is 0 Å². The highest BCUT2D eigenvalue weighted by atomic mass is 16.4. The van der Waals surface area contributed by atoms with E-state index in [1.165, 1.54) is 0 Å². The van der Waals surface area contributed by atoms with Crippen molar-refractivity contribution in [2.45, 2.75) is 45.6 Å². The molecule has 0 spiro atoms. The average Bonchev–Trinajstić information content (AvgIpc) is 2.35. The van der Waals surface area contributed by atoms with E-state index in [1.54, 1.807) is 0 Å². The van der Waals surface area contributed by atoms with Crippen molar-refractivity contribution >= 4 is 17.9 Å². The van der Waals surface area contributed by atoms with Gasteiger partial charge in [-0.3, -0.25) is 4.79 Å². The molecule has 0 bridgehead atoms. The second-order valence-corrected chi connectivity index (χ2v) is 4.18. The van der Waals surface area contributed by atoms with Crippen molar-refractivity contribution in [1.82, 2.24) is 16.0 Å². The van der Waals surface area contributed by atoms with Crippen LogP contribution in [0.1, 0.15) is 39.5 Å². The Kier molecular flexibility index (Phi) is 9.20. The molecule has 7 nitrogen and oxygen atoms in total. The fraction of sp³-hybridized carbons (Fsp3) is 0.750. The van der Waals surface area contributed by atoms with Crippen LogP contribution in [0.5, 0.6) is 0 Å². The molecular weight excluding hydrogens is 250 g/mol. The van der Waals surface area contributed by atoms with Gasteiger partial charge in [-0.2, -0.15) is 0 Å². The van der Waals surface area contributed by atoms with E-state index in [9.17, 15) is 14.4 Å². The Balaban J connectivity index is 3.85. The van der Waals surface area contributed by atoms with Crippen LogP contribution in [0.15, 0.2) is 0 Å². The lowest BCUT2D eigenvalue weighted by Crippen LogP contribution is -2.46. The molecule has 0 aliphatic heterocycles. The minimum atomic E-state index is -1.06. The first kappa shape index (κ1) is 17.2. The van der Waals surface area contributed by atoms with Crippen LogP contribution in [0.25, 0.3) is 0 Å². The largest absolute Gasteiger partial charge is 0.480 e. The number of hydrogen-bond acceptors (Lipinski definition) is 3. The number of carboxylic acids is 1.